The second kappa shape index (κ2) is 5.19. The number of aliphatic hydroxyl groups is 1. The van der Waals surface area contributed by atoms with E-state index in [4.69, 9.17) is 15.6 Å². The first kappa shape index (κ1) is 10.5. The van der Waals surface area contributed by atoms with Gasteiger partial charge in [-0.1, -0.05) is 12.8 Å². The van der Waals surface area contributed by atoms with Crippen molar-refractivity contribution in [3.63, 3.8) is 0 Å². The van der Waals surface area contributed by atoms with Crippen LogP contribution in [0.3, 0.4) is 0 Å². The Morgan fingerprint density at radius 2 is 2.15 bits per heavy atom. The molecule has 4 heteroatoms. The third-order valence-corrected chi connectivity index (χ3v) is 2.44. The molecule has 76 valence electrons. The Labute approximate surface area is 78.1 Å². The van der Waals surface area contributed by atoms with Crippen molar-refractivity contribution in [2.75, 3.05) is 13.2 Å². The summed E-state index contributed by atoms with van der Waals surface area (Å²) in [6.45, 7) is 0.121. The van der Waals surface area contributed by atoms with Crippen molar-refractivity contribution in [1.29, 1.82) is 0 Å². The second-order valence-electron chi connectivity index (χ2n) is 3.57. The maximum atomic E-state index is 11.0. The number of carbonyl (C=O) groups excluding carboxylic acids is 1. The average Bonchev–Trinajstić information content (AvgIpc) is 2.65. The van der Waals surface area contributed by atoms with Gasteiger partial charge >= 0.3 is 5.97 Å². The van der Waals surface area contributed by atoms with E-state index in [0.717, 1.165) is 12.8 Å². The van der Waals surface area contributed by atoms with Crippen LogP contribution in [0.25, 0.3) is 0 Å². The summed E-state index contributed by atoms with van der Waals surface area (Å²) in [5.41, 5.74) is 5.28. The van der Waals surface area contributed by atoms with Crippen molar-refractivity contribution in [2.24, 2.45) is 11.7 Å². The molecule has 13 heavy (non-hydrogen) atoms. The third kappa shape index (κ3) is 3.32. The minimum absolute atomic E-state index is 0.344. The van der Waals surface area contributed by atoms with Gasteiger partial charge in [-0.15, -0.1) is 0 Å². The molecule has 0 aromatic rings. The Balaban J connectivity index is 2.13. The van der Waals surface area contributed by atoms with Gasteiger partial charge in [-0.3, -0.25) is 4.79 Å². The van der Waals surface area contributed by atoms with Crippen LogP contribution < -0.4 is 5.73 Å². The highest BCUT2D eigenvalue weighted by Gasteiger charge is 2.19. The van der Waals surface area contributed by atoms with Crippen molar-refractivity contribution in [2.45, 2.75) is 31.7 Å². The zero-order valence-electron chi connectivity index (χ0n) is 7.74. The van der Waals surface area contributed by atoms with E-state index in [9.17, 15) is 4.79 Å². The molecule has 1 fully saturated rings. The standard InChI is InChI=1S/C9H17NO3/c10-8(5-11)9(12)13-6-7-3-1-2-4-7/h7-8,11H,1-6,10H2/t8-/m1/s1. The highest BCUT2D eigenvalue weighted by molar-refractivity contribution is 5.75. The molecule has 4 nitrogen and oxygen atoms in total. The molecule has 1 aliphatic rings. The van der Waals surface area contributed by atoms with Crippen LogP contribution in [0.2, 0.25) is 0 Å². The lowest BCUT2D eigenvalue weighted by atomic mass is 10.1. The van der Waals surface area contributed by atoms with Gasteiger partial charge in [0.1, 0.15) is 6.04 Å². The zero-order valence-corrected chi connectivity index (χ0v) is 7.74. The fourth-order valence-electron chi connectivity index (χ4n) is 1.56. The summed E-state index contributed by atoms with van der Waals surface area (Å²) in [5, 5.41) is 8.57. The van der Waals surface area contributed by atoms with Gasteiger partial charge in [0.05, 0.1) is 13.2 Å². The number of hydrogen-bond donors (Lipinski definition) is 2. The second-order valence-corrected chi connectivity index (χ2v) is 3.57. The Morgan fingerprint density at radius 3 is 2.69 bits per heavy atom. The number of aliphatic hydroxyl groups excluding tert-OH is 1. The normalized spacial score (nSPS) is 20.2. The summed E-state index contributed by atoms with van der Waals surface area (Å²) in [4.78, 5) is 11.0. The molecule has 0 amide bonds. The van der Waals surface area contributed by atoms with Gasteiger partial charge in [0.25, 0.3) is 0 Å². The molecule has 0 radical (unpaired) electrons. The van der Waals surface area contributed by atoms with Gasteiger partial charge in [0.2, 0.25) is 0 Å². The first-order valence-electron chi connectivity index (χ1n) is 4.77. The molecule has 3 N–H and O–H groups in total. The van der Waals surface area contributed by atoms with Crippen LogP contribution in [0.4, 0.5) is 0 Å². The van der Waals surface area contributed by atoms with E-state index >= 15 is 0 Å². The summed E-state index contributed by atoms with van der Waals surface area (Å²) in [6.07, 6.45) is 4.74. The van der Waals surface area contributed by atoms with E-state index in [-0.39, 0.29) is 6.61 Å². The lowest BCUT2D eigenvalue weighted by molar-refractivity contribution is -0.147. The van der Waals surface area contributed by atoms with Gasteiger partial charge in [0.15, 0.2) is 0 Å². The van der Waals surface area contributed by atoms with Crippen LogP contribution >= 0.6 is 0 Å². The van der Waals surface area contributed by atoms with Gasteiger partial charge in [0, 0.05) is 0 Å². The summed E-state index contributed by atoms with van der Waals surface area (Å²) >= 11 is 0. The monoisotopic (exact) mass is 187 g/mol. The van der Waals surface area contributed by atoms with Crippen LogP contribution in [0.15, 0.2) is 0 Å². The average molecular weight is 187 g/mol. The van der Waals surface area contributed by atoms with Crippen LogP contribution in [0, 0.1) is 5.92 Å². The number of hydrogen-bond acceptors (Lipinski definition) is 4. The predicted molar refractivity (Wildman–Crippen MR) is 48.0 cm³/mol. The quantitative estimate of drug-likeness (QED) is 0.609. The molecule has 0 bridgehead atoms. The SMILES string of the molecule is N[C@H](CO)C(=O)OCC1CCCC1. The third-order valence-electron chi connectivity index (χ3n) is 2.44. The van der Waals surface area contributed by atoms with Crippen molar-refractivity contribution in [3.8, 4) is 0 Å². The van der Waals surface area contributed by atoms with E-state index < -0.39 is 12.0 Å². The lowest BCUT2D eigenvalue weighted by Gasteiger charge is -2.12. The molecule has 1 rings (SSSR count). The molecule has 1 aliphatic carbocycles. The highest BCUT2D eigenvalue weighted by atomic mass is 16.5. The lowest BCUT2D eigenvalue weighted by Crippen LogP contribution is -2.36. The fraction of sp³-hybridized carbons (Fsp3) is 0.889. The van der Waals surface area contributed by atoms with Crippen molar-refractivity contribution in [1.82, 2.24) is 0 Å². The van der Waals surface area contributed by atoms with E-state index in [1.54, 1.807) is 0 Å². The molecule has 0 aromatic carbocycles. The van der Waals surface area contributed by atoms with Gasteiger partial charge in [-0.05, 0) is 18.8 Å². The summed E-state index contributed by atoms with van der Waals surface area (Å²) < 4.78 is 4.95. The van der Waals surface area contributed by atoms with Crippen LogP contribution in [-0.2, 0) is 9.53 Å². The Morgan fingerprint density at radius 1 is 1.54 bits per heavy atom. The Kier molecular flexibility index (Phi) is 4.18. The number of carbonyl (C=O) groups is 1. The summed E-state index contributed by atoms with van der Waals surface area (Å²) in [6, 6.07) is -0.874. The van der Waals surface area contributed by atoms with E-state index in [1.807, 2.05) is 0 Å². The predicted octanol–water partition coefficient (Wildman–Crippen LogP) is 0.0394. The number of nitrogens with two attached hydrogens (primary N) is 1. The molecule has 0 spiro atoms. The molecule has 0 unspecified atom stereocenters. The molecular formula is C9H17NO3. The number of rotatable bonds is 4. The smallest absolute Gasteiger partial charge is 0.325 e. The van der Waals surface area contributed by atoms with Gasteiger partial charge in [-0.2, -0.15) is 0 Å². The number of ether oxygens (including phenoxy) is 1. The van der Waals surface area contributed by atoms with Crippen molar-refractivity contribution in [3.05, 3.63) is 0 Å². The van der Waals surface area contributed by atoms with Gasteiger partial charge < -0.3 is 15.6 Å². The molecule has 1 atom stereocenters. The van der Waals surface area contributed by atoms with Crippen LogP contribution in [-0.4, -0.2) is 30.3 Å². The first-order chi connectivity index (χ1) is 6.24. The summed E-state index contributed by atoms with van der Waals surface area (Å²) in [7, 11) is 0. The van der Waals surface area contributed by atoms with E-state index in [1.165, 1.54) is 12.8 Å². The van der Waals surface area contributed by atoms with E-state index in [0.29, 0.717) is 12.5 Å². The summed E-state index contributed by atoms with van der Waals surface area (Å²) in [5.74, 6) is 0.0178. The van der Waals surface area contributed by atoms with E-state index in [2.05, 4.69) is 0 Å². The van der Waals surface area contributed by atoms with Crippen molar-refractivity contribution < 1.29 is 14.6 Å². The Bertz CT molecular complexity index is 166. The minimum Gasteiger partial charge on any atom is -0.464 e. The van der Waals surface area contributed by atoms with Crippen LogP contribution in [0.5, 0.6) is 0 Å². The van der Waals surface area contributed by atoms with Gasteiger partial charge in [-0.25, -0.2) is 0 Å². The fourth-order valence-corrected chi connectivity index (χ4v) is 1.56. The highest BCUT2D eigenvalue weighted by Crippen LogP contribution is 2.24. The Hall–Kier alpha value is -0.610. The largest absolute Gasteiger partial charge is 0.464 e. The topological polar surface area (TPSA) is 72.5 Å². The first-order valence-corrected chi connectivity index (χ1v) is 4.77. The van der Waals surface area contributed by atoms with Crippen LogP contribution in [0.1, 0.15) is 25.7 Å². The molecular weight excluding hydrogens is 170 g/mol. The maximum absolute atomic E-state index is 11.0. The molecule has 0 aromatic heterocycles. The molecule has 0 aliphatic heterocycles. The number of esters is 1. The van der Waals surface area contributed by atoms with Crippen molar-refractivity contribution >= 4 is 5.97 Å². The molecule has 0 saturated heterocycles. The zero-order chi connectivity index (χ0) is 9.68. The molecule has 0 heterocycles. The molecule has 1 saturated carbocycles. The minimum atomic E-state index is -0.874. The maximum Gasteiger partial charge on any atom is 0.325 e.